The van der Waals surface area contributed by atoms with Crippen molar-refractivity contribution in [1.82, 2.24) is 15.0 Å². The van der Waals surface area contributed by atoms with Crippen molar-refractivity contribution in [2.24, 2.45) is 0 Å². The number of hydrogen-bond acceptors (Lipinski definition) is 9. The Kier molecular flexibility index (Phi) is 8.50. The van der Waals surface area contributed by atoms with Crippen LogP contribution < -0.4 is 15.4 Å². The lowest BCUT2D eigenvalue weighted by Crippen LogP contribution is -2.45. The standard InChI is InChI=1S/C31H39ClN6O3Si/c1-30(2,3)42(5,6)40-19-31(4)18-36-27-21(16-33)13-20(14-24(27)31)25-7-10-34-29(37-25)38-26-15-22(32)17-35-28(26)41-23-8-11-39-12-9-23/h7,10,13-15,17,23,36H,8-9,11-12,18-19H2,1-6H3,(H,34,37,38)/t31-/m1/s1. The average molecular weight is 607 g/mol. The van der Waals surface area contributed by atoms with Gasteiger partial charge in [-0.25, -0.2) is 15.0 Å². The fourth-order valence-corrected chi connectivity index (χ4v) is 6.14. The van der Waals surface area contributed by atoms with Crippen LogP contribution >= 0.6 is 11.6 Å². The molecule has 0 spiro atoms. The van der Waals surface area contributed by atoms with Crippen molar-refractivity contribution >= 4 is 37.2 Å². The topological polar surface area (TPSA) is 114 Å². The van der Waals surface area contributed by atoms with Crippen molar-refractivity contribution in [1.29, 1.82) is 5.26 Å². The lowest BCUT2D eigenvalue weighted by Gasteiger charge is -2.39. The molecule has 1 aromatic carbocycles. The van der Waals surface area contributed by atoms with Gasteiger partial charge in [0.15, 0.2) is 8.32 Å². The summed E-state index contributed by atoms with van der Waals surface area (Å²) >= 11 is 6.28. The minimum atomic E-state index is -1.96. The van der Waals surface area contributed by atoms with Crippen LogP contribution in [0.25, 0.3) is 11.3 Å². The number of halogens is 1. The van der Waals surface area contributed by atoms with E-state index in [1.165, 1.54) is 0 Å². The summed E-state index contributed by atoms with van der Waals surface area (Å²) in [6.45, 7) is 16.1. The third kappa shape index (κ3) is 6.39. The Morgan fingerprint density at radius 2 is 1.98 bits per heavy atom. The summed E-state index contributed by atoms with van der Waals surface area (Å²) in [6.07, 6.45) is 4.86. The van der Waals surface area contributed by atoms with E-state index < -0.39 is 8.32 Å². The lowest BCUT2D eigenvalue weighted by atomic mass is 9.83. The summed E-state index contributed by atoms with van der Waals surface area (Å²) in [7, 11) is -1.96. The van der Waals surface area contributed by atoms with Gasteiger partial charge in [0.25, 0.3) is 0 Å². The van der Waals surface area contributed by atoms with Crippen molar-refractivity contribution < 1.29 is 13.9 Å². The van der Waals surface area contributed by atoms with E-state index in [1.807, 2.05) is 12.1 Å². The van der Waals surface area contributed by atoms with E-state index in [1.54, 1.807) is 18.5 Å². The smallest absolute Gasteiger partial charge is 0.238 e. The summed E-state index contributed by atoms with van der Waals surface area (Å²) in [5.74, 6) is 0.808. The number of ether oxygens (including phenoxy) is 2. The Bertz CT molecular complexity index is 1500. The number of hydrogen-bond donors (Lipinski definition) is 2. The summed E-state index contributed by atoms with van der Waals surface area (Å²) in [6, 6.07) is 9.97. The molecule has 0 radical (unpaired) electrons. The third-order valence-corrected chi connectivity index (χ3v) is 13.3. The third-order valence-electron chi connectivity index (χ3n) is 8.58. The first-order valence-electron chi connectivity index (χ1n) is 14.4. The fraction of sp³-hybridized carbons (Fsp3) is 0.484. The maximum atomic E-state index is 10.0. The minimum Gasteiger partial charge on any atom is -0.473 e. The first kappa shape index (κ1) is 30.2. The molecule has 0 saturated carbocycles. The molecule has 0 aliphatic carbocycles. The Hall–Kier alpha value is -3.23. The second-order valence-electron chi connectivity index (χ2n) is 12.8. The van der Waals surface area contributed by atoms with Gasteiger partial charge in [0, 0.05) is 49.4 Å². The largest absolute Gasteiger partial charge is 0.473 e. The van der Waals surface area contributed by atoms with Crippen LogP contribution in [0.3, 0.4) is 0 Å². The van der Waals surface area contributed by atoms with E-state index in [4.69, 9.17) is 30.5 Å². The molecule has 0 bridgehead atoms. The summed E-state index contributed by atoms with van der Waals surface area (Å²) in [5.41, 5.74) is 4.33. The molecule has 2 aliphatic rings. The maximum absolute atomic E-state index is 10.0. The number of nitrogens with one attached hydrogen (secondary N) is 2. The molecule has 9 nitrogen and oxygen atoms in total. The summed E-state index contributed by atoms with van der Waals surface area (Å²) in [4.78, 5) is 13.7. The first-order valence-corrected chi connectivity index (χ1v) is 17.6. The zero-order chi connectivity index (χ0) is 30.1. The number of anilines is 3. The highest BCUT2D eigenvalue weighted by Gasteiger charge is 2.42. The van der Waals surface area contributed by atoms with Gasteiger partial charge in [0.2, 0.25) is 11.8 Å². The van der Waals surface area contributed by atoms with Crippen LogP contribution in [0.4, 0.5) is 17.3 Å². The van der Waals surface area contributed by atoms with Gasteiger partial charge < -0.3 is 24.5 Å². The van der Waals surface area contributed by atoms with Gasteiger partial charge in [0.05, 0.1) is 35.2 Å². The molecule has 2 N–H and O–H groups in total. The second-order valence-corrected chi connectivity index (χ2v) is 18.1. The van der Waals surface area contributed by atoms with Gasteiger partial charge in [-0.15, -0.1) is 0 Å². The van der Waals surface area contributed by atoms with Gasteiger partial charge in [-0.1, -0.05) is 39.3 Å². The number of nitriles is 1. The van der Waals surface area contributed by atoms with Gasteiger partial charge in [0.1, 0.15) is 17.9 Å². The molecule has 0 unspecified atom stereocenters. The molecule has 1 saturated heterocycles. The van der Waals surface area contributed by atoms with E-state index in [2.05, 4.69) is 73.5 Å². The molecule has 222 valence electrons. The van der Waals surface area contributed by atoms with Gasteiger partial charge in [-0.3, -0.25) is 0 Å². The molecular weight excluding hydrogens is 568 g/mol. The highest BCUT2D eigenvalue weighted by atomic mass is 35.5. The molecule has 4 heterocycles. The van der Waals surface area contributed by atoms with Crippen LogP contribution in [0.1, 0.15) is 51.7 Å². The zero-order valence-corrected chi connectivity index (χ0v) is 26.9. The van der Waals surface area contributed by atoms with E-state index in [-0.39, 0.29) is 16.6 Å². The molecule has 5 rings (SSSR count). The Morgan fingerprint density at radius 1 is 1.21 bits per heavy atom. The molecule has 2 aliphatic heterocycles. The van der Waals surface area contributed by atoms with Crippen molar-refractivity contribution in [3.8, 4) is 23.2 Å². The van der Waals surface area contributed by atoms with Gasteiger partial charge in [-0.2, -0.15) is 5.26 Å². The van der Waals surface area contributed by atoms with Gasteiger partial charge >= 0.3 is 0 Å². The predicted octanol–water partition coefficient (Wildman–Crippen LogP) is 7.07. The SMILES string of the molecule is CC(C)(C)[Si](C)(C)OC[C@@]1(C)CNc2c(C#N)cc(-c3ccnc(Nc4cc(Cl)cnc4OC4CCOCC4)n3)cc21. The van der Waals surface area contributed by atoms with Crippen molar-refractivity contribution in [3.63, 3.8) is 0 Å². The molecule has 42 heavy (non-hydrogen) atoms. The molecule has 11 heteroatoms. The normalized spacial score (nSPS) is 19.1. The number of aromatic nitrogens is 3. The molecule has 1 atom stereocenters. The monoisotopic (exact) mass is 606 g/mol. The maximum Gasteiger partial charge on any atom is 0.238 e. The Morgan fingerprint density at radius 3 is 2.69 bits per heavy atom. The molecule has 1 fully saturated rings. The quantitative estimate of drug-likeness (QED) is 0.260. The van der Waals surface area contributed by atoms with Crippen LogP contribution in [0.15, 0.2) is 36.7 Å². The van der Waals surface area contributed by atoms with Crippen molar-refractivity contribution in [3.05, 3.63) is 52.8 Å². The average Bonchev–Trinajstić information content (AvgIpc) is 3.30. The predicted molar refractivity (Wildman–Crippen MR) is 168 cm³/mol. The molecule has 0 amide bonds. The second kappa shape index (κ2) is 11.8. The Labute approximate surface area is 254 Å². The Balaban J connectivity index is 1.43. The van der Waals surface area contributed by atoms with E-state index in [0.29, 0.717) is 60.2 Å². The van der Waals surface area contributed by atoms with Crippen LogP contribution in [0, 0.1) is 11.3 Å². The molecular formula is C31H39ClN6O3Si. The van der Waals surface area contributed by atoms with Crippen LogP contribution in [-0.4, -0.2) is 55.7 Å². The summed E-state index contributed by atoms with van der Waals surface area (Å²) < 4.78 is 18.3. The lowest BCUT2D eigenvalue weighted by molar-refractivity contribution is 0.0240. The minimum absolute atomic E-state index is 0.0135. The highest BCUT2D eigenvalue weighted by molar-refractivity contribution is 6.74. The van der Waals surface area contributed by atoms with Crippen LogP contribution in [0.5, 0.6) is 5.88 Å². The van der Waals surface area contributed by atoms with E-state index >= 15 is 0 Å². The van der Waals surface area contributed by atoms with Crippen molar-refractivity contribution in [2.45, 2.75) is 70.2 Å². The van der Waals surface area contributed by atoms with Crippen LogP contribution in [-0.2, 0) is 14.6 Å². The number of fused-ring (bicyclic) bond motifs is 1. The van der Waals surface area contributed by atoms with Crippen molar-refractivity contribution in [2.75, 3.05) is 37.0 Å². The van der Waals surface area contributed by atoms with E-state index in [0.717, 1.165) is 29.7 Å². The highest BCUT2D eigenvalue weighted by Crippen LogP contribution is 2.44. The number of pyridine rings is 1. The first-order chi connectivity index (χ1) is 19.9. The summed E-state index contributed by atoms with van der Waals surface area (Å²) in [5, 5.41) is 17.3. The molecule has 2 aromatic heterocycles. The molecule has 3 aromatic rings. The van der Waals surface area contributed by atoms with Gasteiger partial charge in [-0.05, 0) is 48.0 Å². The van der Waals surface area contributed by atoms with E-state index in [9.17, 15) is 5.26 Å². The number of rotatable bonds is 8. The number of benzene rings is 1. The van der Waals surface area contributed by atoms with Crippen LogP contribution in [0.2, 0.25) is 23.2 Å². The zero-order valence-electron chi connectivity index (χ0n) is 25.2. The number of nitrogens with zero attached hydrogens (tertiary/aromatic N) is 4. The fourth-order valence-electron chi connectivity index (χ4n) is 4.87.